The van der Waals surface area contributed by atoms with Crippen LogP contribution in [0.15, 0.2) is 30.6 Å². The number of anilines is 1. The van der Waals surface area contributed by atoms with E-state index in [0.717, 1.165) is 42.9 Å². The van der Waals surface area contributed by atoms with E-state index in [-0.39, 0.29) is 11.5 Å². The maximum absolute atomic E-state index is 10.3. The van der Waals surface area contributed by atoms with Crippen molar-refractivity contribution in [1.82, 2.24) is 15.0 Å². The Labute approximate surface area is 137 Å². The molecule has 0 saturated heterocycles. The van der Waals surface area contributed by atoms with Gasteiger partial charge in [0.2, 0.25) is 0 Å². The summed E-state index contributed by atoms with van der Waals surface area (Å²) in [5.74, 6) is 1.48. The highest BCUT2D eigenvalue weighted by atomic mass is 16.3. The highest BCUT2D eigenvalue weighted by Gasteiger charge is 2.35. The Kier molecular flexibility index (Phi) is 4.57. The van der Waals surface area contributed by atoms with Gasteiger partial charge in [0.15, 0.2) is 5.82 Å². The van der Waals surface area contributed by atoms with Crippen molar-refractivity contribution in [1.29, 1.82) is 0 Å². The second-order valence-corrected chi connectivity index (χ2v) is 6.73. The molecule has 1 fully saturated rings. The minimum absolute atomic E-state index is 0.0917. The molecule has 1 aliphatic carbocycles. The van der Waals surface area contributed by atoms with Gasteiger partial charge in [0, 0.05) is 41.7 Å². The first-order chi connectivity index (χ1) is 11.1. The molecule has 0 amide bonds. The number of hydrogen-bond donors (Lipinski definition) is 2. The quantitative estimate of drug-likeness (QED) is 0.907. The Morgan fingerprint density at radius 1 is 1.35 bits per heavy atom. The van der Waals surface area contributed by atoms with Crippen LogP contribution in [0.1, 0.15) is 38.3 Å². The lowest BCUT2D eigenvalue weighted by Gasteiger charge is -2.38. The molecule has 3 rings (SSSR count). The molecule has 2 N–H and O–H groups in total. The van der Waals surface area contributed by atoms with E-state index in [1.54, 1.807) is 12.4 Å². The fourth-order valence-corrected chi connectivity index (χ4v) is 3.16. The molecule has 2 unspecified atom stereocenters. The topological polar surface area (TPSA) is 70.9 Å². The summed E-state index contributed by atoms with van der Waals surface area (Å²) in [4.78, 5) is 13.2. The van der Waals surface area contributed by atoms with Crippen molar-refractivity contribution < 1.29 is 5.11 Å². The third-order valence-electron chi connectivity index (χ3n) is 4.73. The smallest absolute Gasteiger partial charge is 0.163 e. The van der Waals surface area contributed by atoms with Crippen LogP contribution < -0.4 is 5.32 Å². The van der Waals surface area contributed by atoms with Gasteiger partial charge in [-0.05, 0) is 31.9 Å². The van der Waals surface area contributed by atoms with Gasteiger partial charge in [-0.1, -0.05) is 19.8 Å². The molecular formula is C18H24N4O. The maximum Gasteiger partial charge on any atom is 0.163 e. The third kappa shape index (κ3) is 3.67. The molecule has 2 atom stereocenters. The van der Waals surface area contributed by atoms with E-state index in [0.29, 0.717) is 5.82 Å². The summed E-state index contributed by atoms with van der Waals surface area (Å²) in [7, 11) is 0. The Morgan fingerprint density at radius 2 is 2.22 bits per heavy atom. The maximum atomic E-state index is 10.3. The number of aliphatic hydroxyl groups excluding tert-OH is 1. The van der Waals surface area contributed by atoms with Crippen molar-refractivity contribution in [2.24, 2.45) is 5.41 Å². The van der Waals surface area contributed by atoms with E-state index in [4.69, 9.17) is 0 Å². The molecule has 0 radical (unpaired) electrons. The van der Waals surface area contributed by atoms with Crippen LogP contribution in [-0.2, 0) is 0 Å². The van der Waals surface area contributed by atoms with Gasteiger partial charge in [-0.2, -0.15) is 0 Å². The molecular weight excluding hydrogens is 288 g/mol. The number of rotatable bonds is 4. The fraction of sp³-hybridized carbons (Fsp3) is 0.500. The summed E-state index contributed by atoms with van der Waals surface area (Å²) < 4.78 is 0. The van der Waals surface area contributed by atoms with E-state index < -0.39 is 0 Å². The predicted octanol–water partition coefficient (Wildman–Crippen LogP) is 3.20. The van der Waals surface area contributed by atoms with E-state index in [1.807, 2.05) is 25.1 Å². The van der Waals surface area contributed by atoms with Crippen molar-refractivity contribution in [3.8, 4) is 11.4 Å². The molecule has 2 heterocycles. The lowest BCUT2D eigenvalue weighted by Crippen LogP contribution is -2.41. The highest BCUT2D eigenvalue weighted by Crippen LogP contribution is 2.36. The van der Waals surface area contributed by atoms with Crippen LogP contribution in [-0.4, -0.2) is 32.7 Å². The van der Waals surface area contributed by atoms with Gasteiger partial charge >= 0.3 is 0 Å². The van der Waals surface area contributed by atoms with Gasteiger partial charge in [-0.25, -0.2) is 9.97 Å². The van der Waals surface area contributed by atoms with Crippen LogP contribution in [0.5, 0.6) is 0 Å². The summed E-state index contributed by atoms with van der Waals surface area (Å²) in [5.41, 5.74) is 1.73. The number of nitrogens with zero attached hydrogens (tertiary/aromatic N) is 3. The Hall–Kier alpha value is -2.01. The van der Waals surface area contributed by atoms with E-state index in [1.165, 1.54) is 6.42 Å². The Bertz CT molecular complexity index is 661. The number of nitrogens with one attached hydrogen (secondary N) is 1. The van der Waals surface area contributed by atoms with E-state index in [9.17, 15) is 5.11 Å². The zero-order chi connectivity index (χ0) is 16.3. The van der Waals surface area contributed by atoms with Crippen molar-refractivity contribution >= 4 is 5.82 Å². The summed E-state index contributed by atoms with van der Waals surface area (Å²) >= 11 is 0. The Morgan fingerprint density at radius 3 is 2.96 bits per heavy atom. The van der Waals surface area contributed by atoms with Crippen LogP contribution in [0.3, 0.4) is 0 Å². The van der Waals surface area contributed by atoms with Gasteiger partial charge in [0.25, 0.3) is 0 Å². The average molecular weight is 312 g/mol. The number of aromatic nitrogens is 3. The molecule has 2 aromatic heterocycles. The lowest BCUT2D eigenvalue weighted by atomic mass is 9.73. The van der Waals surface area contributed by atoms with Crippen LogP contribution >= 0.6 is 0 Å². The van der Waals surface area contributed by atoms with Gasteiger partial charge in [0.1, 0.15) is 5.82 Å². The van der Waals surface area contributed by atoms with Crippen molar-refractivity contribution in [3.63, 3.8) is 0 Å². The number of aliphatic hydroxyl groups is 1. The second-order valence-electron chi connectivity index (χ2n) is 6.73. The molecule has 2 aromatic rings. The summed E-state index contributed by atoms with van der Waals surface area (Å²) in [6.45, 7) is 4.83. The zero-order valence-electron chi connectivity index (χ0n) is 13.8. The summed E-state index contributed by atoms with van der Waals surface area (Å²) in [6, 6.07) is 5.78. The number of hydrogen-bond acceptors (Lipinski definition) is 5. The number of pyridine rings is 1. The summed E-state index contributed by atoms with van der Waals surface area (Å²) in [5, 5.41) is 13.7. The van der Waals surface area contributed by atoms with Gasteiger partial charge < -0.3 is 10.4 Å². The average Bonchev–Trinajstić information content (AvgIpc) is 2.56. The van der Waals surface area contributed by atoms with E-state index >= 15 is 0 Å². The molecule has 0 spiro atoms. The monoisotopic (exact) mass is 312 g/mol. The normalized spacial score (nSPS) is 24.4. The molecule has 0 aromatic carbocycles. The first-order valence-corrected chi connectivity index (χ1v) is 8.25. The van der Waals surface area contributed by atoms with Crippen molar-refractivity contribution in [3.05, 3.63) is 36.3 Å². The molecule has 1 saturated carbocycles. The van der Waals surface area contributed by atoms with Gasteiger partial charge in [0.05, 0.1) is 6.10 Å². The number of aryl methyl sites for hydroxylation is 1. The highest BCUT2D eigenvalue weighted by molar-refractivity contribution is 5.56. The van der Waals surface area contributed by atoms with Gasteiger partial charge in [-0.15, -0.1) is 0 Å². The lowest BCUT2D eigenvalue weighted by molar-refractivity contribution is 0.00958. The standard InChI is InChI=1S/C18H24N4O/c1-13-10-16(20-12-18(2)8-4-3-7-15(18)23)22-17(21-13)14-6-5-9-19-11-14/h5-6,9-11,15,23H,3-4,7-8,12H2,1-2H3,(H,20,21,22). The van der Waals surface area contributed by atoms with Crippen LogP contribution in [0.4, 0.5) is 5.82 Å². The third-order valence-corrected chi connectivity index (χ3v) is 4.73. The largest absolute Gasteiger partial charge is 0.392 e. The minimum atomic E-state index is -0.246. The van der Waals surface area contributed by atoms with Crippen LogP contribution in [0, 0.1) is 12.3 Å². The molecule has 5 nitrogen and oxygen atoms in total. The predicted molar refractivity (Wildman–Crippen MR) is 91.1 cm³/mol. The van der Waals surface area contributed by atoms with Crippen molar-refractivity contribution in [2.45, 2.75) is 45.6 Å². The van der Waals surface area contributed by atoms with Crippen molar-refractivity contribution in [2.75, 3.05) is 11.9 Å². The molecule has 0 aliphatic heterocycles. The molecule has 5 heteroatoms. The SMILES string of the molecule is Cc1cc(NCC2(C)CCCCC2O)nc(-c2cccnc2)n1. The molecule has 1 aliphatic rings. The second kappa shape index (κ2) is 6.62. The van der Waals surface area contributed by atoms with Crippen LogP contribution in [0.25, 0.3) is 11.4 Å². The molecule has 0 bridgehead atoms. The first kappa shape index (κ1) is 15.9. The molecule has 122 valence electrons. The van der Waals surface area contributed by atoms with Crippen LogP contribution in [0.2, 0.25) is 0 Å². The molecule has 23 heavy (non-hydrogen) atoms. The summed E-state index contributed by atoms with van der Waals surface area (Å²) in [6.07, 6.45) is 7.49. The minimum Gasteiger partial charge on any atom is -0.392 e. The fourth-order valence-electron chi connectivity index (χ4n) is 3.16. The van der Waals surface area contributed by atoms with Gasteiger partial charge in [-0.3, -0.25) is 4.98 Å². The first-order valence-electron chi connectivity index (χ1n) is 8.25. The zero-order valence-corrected chi connectivity index (χ0v) is 13.8. The van der Waals surface area contributed by atoms with E-state index in [2.05, 4.69) is 27.2 Å². The Balaban J connectivity index is 1.77.